The van der Waals surface area contributed by atoms with Crippen LogP contribution in [0.3, 0.4) is 0 Å². The van der Waals surface area contributed by atoms with Gasteiger partial charge < -0.3 is 28.9 Å². The van der Waals surface area contributed by atoms with Gasteiger partial charge in [0.05, 0.1) is 48.0 Å². The predicted octanol–water partition coefficient (Wildman–Crippen LogP) is 5.40. The van der Waals surface area contributed by atoms with Crippen LogP contribution < -0.4 is 24.7 Å². The van der Waals surface area contributed by atoms with Gasteiger partial charge in [-0.05, 0) is 81.0 Å². The Labute approximate surface area is 341 Å². The van der Waals surface area contributed by atoms with E-state index in [1.54, 1.807) is 11.8 Å². The van der Waals surface area contributed by atoms with E-state index in [1.165, 1.54) is 6.07 Å². The van der Waals surface area contributed by atoms with Crippen molar-refractivity contribution in [2.75, 3.05) is 60.6 Å². The lowest BCUT2D eigenvalue weighted by Crippen LogP contribution is -2.35. The smallest absolute Gasteiger partial charge is 0.317 e. The highest BCUT2D eigenvalue weighted by atomic mass is 35.5. The van der Waals surface area contributed by atoms with Crippen molar-refractivity contribution in [2.24, 2.45) is 0 Å². The first-order chi connectivity index (χ1) is 26.2. The molecular weight excluding hydrogens is 811 g/mol. The molecule has 3 N–H and O–H groups in total. The molecule has 56 heavy (non-hydrogen) atoms. The number of nitrogens with one attached hydrogen (secondary N) is 1. The van der Waals surface area contributed by atoms with E-state index in [0.717, 1.165) is 47.0 Å². The monoisotopic (exact) mass is 861 g/mol. The van der Waals surface area contributed by atoms with Crippen molar-refractivity contribution in [3.63, 3.8) is 0 Å². The van der Waals surface area contributed by atoms with E-state index < -0.39 is 50.1 Å². The first kappa shape index (κ1) is 50.6. The Kier molecular flexibility index (Phi) is 22.6. The van der Waals surface area contributed by atoms with Gasteiger partial charge in [-0.2, -0.15) is 0 Å². The van der Waals surface area contributed by atoms with E-state index in [-0.39, 0.29) is 35.0 Å². The molecule has 3 amide bonds. The van der Waals surface area contributed by atoms with Gasteiger partial charge in [0.25, 0.3) is 11.8 Å². The number of carbonyl (C=O) groups excluding carboxylic acids is 3. The maximum atomic E-state index is 14.4. The van der Waals surface area contributed by atoms with Crippen LogP contribution in [0.2, 0.25) is 5.02 Å². The van der Waals surface area contributed by atoms with Gasteiger partial charge in [-0.15, -0.1) is 18.0 Å². The summed E-state index contributed by atoms with van der Waals surface area (Å²) in [6.07, 6.45) is 14.2. The Morgan fingerprint density at radius 2 is 1.73 bits per heavy atom. The summed E-state index contributed by atoms with van der Waals surface area (Å²) in [7, 11) is -3.71. The normalized spacial score (nSPS) is 14.8. The van der Waals surface area contributed by atoms with Gasteiger partial charge in [-0.3, -0.25) is 29.4 Å². The summed E-state index contributed by atoms with van der Waals surface area (Å²) in [5.41, 5.74) is 3.93. The molecule has 0 bridgehead atoms. The number of hydrogen-bond donors (Lipinski definition) is 3. The Balaban J connectivity index is 0.000000431. The quantitative estimate of drug-likeness (QED) is 0.0585. The fourth-order valence-electron chi connectivity index (χ4n) is 5.17. The highest BCUT2D eigenvalue weighted by molar-refractivity contribution is 7.94. The summed E-state index contributed by atoms with van der Waals surface area (Å²) in [4.78, 5) is 67.3. The first-order valence-electron chi connectivity index (χ1n) is 17.4. The van der Waals surface area contributed by atoms with Gasteiger partial charge >= 0.3 is 5.97 Å². The van der Waals surface area contributed by atoms with Crippen LogP contribution in [0.15, 0.2) is 41.5 Å². The number of benzene rings is 2. The number of aliphatic carboxylic acids is 1. The number of ether oxygens (including phenoxy) is 2. The fraction of sp³-hybridized carbons (Fsp3) is 0.474. The molecule has 13 nitrogen and oxygen atoms in total. The van der Waals surface area contributed by atoms with Crippen molar-refractivity contribution in [3.05, 3.63) is 63.4 Å². The number of aryl methyl sites for hydroxylation is 2. The SMILES string of the molecule is C#CC(C)Oc1cc(N2C(=O)C3=C(CCCC3)C2=O)c(F)cc1Cl.CCOCN(C(=O)CCl)c1c(C)cccc1CC.C[S+](C)C.O=C(O)CNCP(=O)([O-])O. The van der Waals surface area contributed by atoms with Crippen LogP contribution in [0, 0.1) is 25.1 Å². The molecule has 0 spiro atoms. The van der Waals surface area contributed by atoms with Gasteiger partial charge in [-0.1, -0.05) is 42.6 Å². The van der Waals surface area contributed by atoms with Crippen molar-refractivity contribution in [2.45, 2.75) is 65.9 Å². The molecule has 2 aromatic carbocycles. The van der Waals surface area contributed by atoms with Crippen LogP contribution in [0.5, 0.6) is 5.75 Å². The van der Waals surface area contributed by atoms with Crippen molar-refractivity contribution < 1.29 is 52.5 Å². The summed E-state index contributed by atoms with van der Waals surface area (Å²) < 4.78 is 35.1. The van der Waals surface area contributed by atoms with Gasteiger partial charge in [0, 0.05) is 23.8 Å². The lowest BCUT2D eigenvalue weighted by atomic mass is 9.93. The molecule has 2 atom stereocenters. The molecule has 4 rings (SSSR count). The number of carboxylic acid groups (broad SMARTS) is 1. The molecule has 0 radical (unpaired) electrons. The number of imide groups is 1. The molecular formula is C38H51Cl2FN3O10PS. The Morgan fingerprint density at radius 3 is 2.20 bits per heavy atom. The number of hydrogen-bond acceptors (Lipinski definition) is 9. The van der Waals surface area contributed by atoms with Crippen molar-refractivity contribution in [3.8, 4) is 18.1 Å². The van der Waals surface area contributed by atoms with E-state index >= 15 is 0 Å². The molecule has 0 saturated carbocycles. The summed E-state index contributed by atoms with van der Waals surface area (Å²) in [5.74, 6) is -0.533. The molecule has 0 fully saturated rings. The fourth-order valence-corrected chi connectivity index (χ4v) is 5.91. The van der Waals surface area contributed by atoms with E-state index in [0.29, 0.717) is 41.5 Å². The summed E-state index contributed by atoms with van der Waals surface area (Å²) in [6.45, 7) is 7.94. The summed E-state index contributed by atoms with van der Waals surface area (Å²) in [5, 5.41) is 10.00. The Morgan fingerprint density at radius 1 is 1.16 bits per heavy atom. The van der Waals surface area contributed by atoms with E-state index in [4.69, 9.17) is 49.1 Å². The number of amides is 3. The van der Waals surface area contributed by atoms with Gasteiger partial charge in [0.2, 0.25) is 5.91 Å². The standard InChI is InChI=1S/C18H15ClFNO3.C14H20ClNO2.C3H8NO5P.C3H9S/c1-3-10(2)24-16-9-15(14(20)8-13(16)19)21-17(22)11-6-4-5-7-12(11)18(21)23;1-4-12-8-6-7-11(3)14(12)16(10-18-5-2)13(17)9-15;5-3(6)1-4-2-10(7,8)9;1-4(2)3/h1,8-10H,4-7H2,2H3;6-8H,4-5,9-10H2,1-3H3;4H,1-2H2,(H,5,6)(H2,7,8,9);1-3H3/q;;;+1/p-1. The molecule has 1 heterocycles. The van der Waals surface area contributed by atoms with Gasteiger partial charge in [-0.25, -0.2) is 9.29 Å². The molecule has 1 aliphatic heterocycles. The van der Waals surface area contributed by atoms with Crippen molar-refractivity contribution in [1.82, 2.24) is 5.32 Å². The molecule has 310 valence electrons. The Hall–Kier alpha value is -3.45. The second kappa shape index (κ2) is 25.0. The minimum absolute atomic E-state index is 0.0233. The average Bonchev–Trinajstić information content (AvgIpc) is 3.38. The minimum atomic E-state index is -4.35. The second-order valence-electron chi connectivity index (χ2n) is 12.6. The first-order valence-corrected chi connectivity index (χ1v) is 22.6. The van der Waals surface area contributed by atoms with Crippen LogP contribution in [0.1, 0.15) is 57.6 Å². The molecule has 2 aromatic rings. The third kappa shape index (κ3) is 16.6. The van der Waals surface area contributed by atoms with E-state index in [2.05, 4.69) is 31.6 Å². The molecule has 2 aliphatic rings. The zero-order valence-electron chi connectivity index (χ0n) is 32.7. The molecule has 1 aliphatic carbocycles. The maximum Gasteiger partial charge on any atom is 0.317 e. The number of terminal acetylenes is 1. The van der Waals surface area contributed by atoms with E-state index in [9.17, 15) is 33.0 Å². The molecule has 0 saturated heterocycles. The van der Waals surface area contributed by atoms with Crippen LogP contribution >= 0.6 is 30.8 Å². The zero-order chi connectivity index (χ0) is 42.7. The lowest BCUT2D eigenvalue weighted by Gasteiger charge is -2.25. The van der Waals surface area contributed by atoms with Crippen LogP contribution in [-0.2, 0) is 45.8 Å². The van der Waals surface area contributed by atoms with Gasteiger partial charge in [0.15, 0.2) is 6.10 Å². The minimum Gasteiger partial charge on any atom is -0.778 e. The average molecular weight is 863 g/mol. The highest BCUT2D eigenvalue weighted by Gasteiger charge is 2.41. The third-order valence-corrected chi connectivity index (χ3v) is 8.72. The molecule has 18 heteroatoms. The topological polar surface area (TPSA) is 186 Å². The number of nitrogens with zero attached hydrogens (tertiary/aromatic N) is 2. The number of halogens is 3. The van der Waals surface area contributed by atoms with Crippen LogP contribution in [-0.4, -0.2) is 90.6 Å². The number of carbonyl (C=O) groups is 4. The highest BCUT2D eigenvalue weighted by Crippen LogP contribution is 2.39. The van der Waals surface area contributed by atoms with Crippen molar-refractivity contribution >= 4 is 76.8 Å². The van der Waals surface area contributed by atoms with Crippen molar-refractivity contribution in [1.29, 1.82) is 0 Å². The maximum absolute atomic E-state index is 14.4. The zero-order valence-corrected chi connectivity index (χ0v) is 35.9. The van der Waals surface area contributed by atoms with Crippen LogP contribution in [0.25, 0.3) is 0 Å². The number of carboxylic acids is 1. The predicted molar refractivity (Wildman–Crippen MR) is 219 cm³/mol. The number of para-hydroxylation sites is 1. The Bertz CT molecular complexity index is 1770. The molecule has 2 unspecified atom stereocenters. The second-order valence-corrected chi connectivity index (χ2v) is 17.3. The largest absolute Gasteiger partial charge is 0.778 e. The van der Waals surface area contributed by atoms with Crippen LogP contribution in [0.4, 0.5) is 15.8 Å². The van der Waals surface area contributed by atoms with Gasteiger partial charge in [0.1, 0.15) is 31.8 Å². The summed E-state index contributed by atoms with van der Waals surface area (Å²) >= 11 is 11.6. The van der Waals surface area contributed by atoms with E-state index in [1.807, 2.05) is 37.4 Å². The number of rotatable bonds is 13. The lowest BCUT2D eigenvalue weighted by molar-refractivity contribution is -0.193. The number of alkyl halides is 1. The third-order valence-electron chi connectivity index (χ3n) is 7.57. The number of anilines is 2. The summed E-state index contributed by atoms with van der Waals surface area (Å²) in [6, 6.07) is 8.30. The molecule has 0 aromatic heterocycles.